The van der Waals surface area contributed by atoms with E-state index in [1.807, 2.05) is 32.6 Å². The molecule has 0 radical (unpaired) electrons. The number of hydrogen-bond donors (Lipinski definition) is 2. The molecule has 1 saturated heterocycles. The Morgan fingerprint density at radius 2 is 1.90 bits per heavy atom. The van der Waals surface area contributed by atoms with Gasteiger partial charge in [0.1, 0.15) is 5.82 Å². The van der Waals surface area contributed by atoms with Gasteiger partial charge >= 0.3 is 5.69 Å². The molecule has 0 aliphatic carbocycles. The third-order valence-corrected chi connectivity index (χ3v) is 3.19. The monoisotopic (exact) mass is 295 g/mol. The topological polar surface area (TPSA) is 107 Å². The van der Waals surface area contributed by atoms with Crippen molar-refractivity contribution in [3.05, 3.63) is 22.2 Å². The molecule has 1 aliphatic heterocycles. The number of pyridine rings is 1. The number of nitrogen functional groups attached to an aromatic ring is 1. The molecule has 0 bridgehead atoms. The quantitative estimate of drug-likeness (QED) is 0.496. The summed E-state index contributed by atoms with van der Waals surface area (Å²) in [5.41, 5.74) is 1.53. The van der Waals surface area contributed by atoms with Crippen molar-refractivity contribution in [2.75, 3.05) is 23.4 Å². The average molecular weight is 295 g/mol. The summed E-state index contributed by atoms with van der Waals surface area (Å²) in [6, 6.07) is 2.89. The molecule has 1 aliphatic rings. The van der Waals surface area contributed by atoms with Gasteiger partial charge in [-0.05, 0) is 33.8 Å². The van der Waals surface area contributed by atoms with Gasteiger partial charge in [-0.2, -0.15) is 0 Å². The van der Waals surface area contributed by atoms with Crippen LogP contribution in [0.15, 0.2) is 12.1 Å². The maximum absolute atomic E-state index is 11.2. The maximum atomic E-state index is 11.2. The van der Waals surface area contributed by atoms with E-state index < -0.39 is 16.1 Å². The van der Waals surface area contributed by atoms with Gasteiger partial charge in [0.25, 0.3) is 0 Å². The Labute approximate surface area is 123 Å². The van der Waals surface area contributed by atoms with E-state index in [1.165, 1.54) is 12.1 Å². The lowest BCUT2D eigenvalue weighted by atomic mass is 9.99. The SMILES string of the molecule is CC1(C)CN(c2nc(NN)ccc2[N+](=O)[O-])CC(C)(C)O1. The zero-order valence-corrected chi connectivity index (χ0v) is 12.7. The van der Waals surface area contributed by atoms with E-state index in [4.69, 9.17) is 10.6 Å². The first-order valence-electron chi connectivity index (χ1n) is 6.71. The fraction of sp³-hybridized carbons (Fsp3) is 0.615. The molecule has 21 heavy (non-hydrogen) atoms. The molecule has 0 saturated carbocycles. The van der Waals surface area contributed by atoms with E-state index in [0.717, 1.165) is 0 Å². The van der Waals surface area contributed by atoms with Crippen LogP contribution in [0.2, 0.25) is 0 Å². The Bertz CT molecular complexity index is 543. The molecule has 1 aromatic rings. The molecule has 0 aromatic carbocycles. The molecule has 8 heteroatoms. The van der Waals surface area contributed by atoms with E-state index in [9.17, 15) is 10.1 Å². The van der Waals surface area contributed by atoms with Gasteiger partial charge in [-0.1, -0.05) is 0 Å². The van der Waals surface area contributed by atoms with Crippen molar-refractivity contribution >= 4 is 17.3 Å². The number of hydrazine groups is 1. The number of nitrogens with two attached hydrogens (primary N) is 1. The summed E-state index contributed by atoms with van der Waals surface area (Å²) >= 11 is 0. The van der Waals surface area contributed by atoms with Crippen molar-refractivity contribution in [2.24, 2.45) is 5.84 Å². The van der Waals surface area contributed by atoms with Crippen molar-refractivity contribution in [2.45, 2.75) is 38.9 Å². The van der Waals surface area contributed by atoms with Crippen LogP contribution in [0.1, 0.15) is 27.7 Å². The van der Waals surface area contributed by atoms with Crippen LogP contribution in [0.3, 0.4) is 0 Å². The number of hydrogen-bond acceptors (Lipinski definition) is 7. The van der Waals surface area contributed by atoms with Gasteiger partial charge in [0.15, 0.2) is 0 Å². The maximum Gasteiger partial charge on any atom is 0.311 e. The van der Waals surface area contributed by atoms with E-state index in [0.29, 0.717) is 24.7 Å². The van der Waals surface area contributed by atoms with E-state index >= 15 is 0 Å². The number of aromatic nitrogens is 1. The fourth-order valence-corrected chi connectivity index (χ4v) is 2.83. The van der Waals surface area contributed by atoms with Gasteiger partial charge in [-0.3, -0.25) is 10.1 Å². The lowest BCUT2D eigenvalue weighted by Gasteiger charge is -2.47. The number of nitrogens with zero attached hydrogens (tertiary/aromatic N) is 3. The first kappa shape index (κ1) is 15.5. The minimum absolute atomic E-state index is 0.0394. The van der Waals surface area contributed by atoms with Crippen molar-refractivity contribution in [3.8, 4) is 0 Å². The van der Waals surface area contributed by atoms with Crippen molar-refractivity contribution in [3.63, 3.8) is 0 Å². The standard InChI is InChI=1S/C13H21N5O3/c1-12(2)7-17(8-13(3,4)21-12)11-9(18(19)20)5-6-10(15-11)16-14/h5-6H,7-8,14H2,1-4H3,(H,15,16). The predicted molar refractivity (Wildman–Crippen MR) is 80.2 cm³/mol. The Morgan fingerprint density at radius 3 is 2.38 bits per heavy atom. The minimum atomic E-state index is -0.432. The van der Waals surface area contributed by atoms with Crippen molar-refractivity contribution in [1.82, 2.24) is 4.98 Å². The molecule has 0 unspecified atom stereocenters. The highest BCUT2D eigenvalue weighted by molar-refractivity contribution is 5.62. The van der Waals surface area contributed by atoms with Crippen LogP contribution in [0.25, 0.3) is 0 Å². The zero-order valence-electron chi connectivity index (χ0n) is 12.7. The summed E-state index contributed by atoms with van der Waals surface area (Å²) in [7, 11) is 0. The van der Waals surface area contributed by atoms with Gasteiger partial charge in [-0.15, -0.1) is 0 Å². The number of ether oxygens (including phenoxy) is 1. The van der Waals surface area contributed by atoms with Crippen LogP contribution in [0.5, 0.6) is 0 Å². The number of nitrogens with one attached hydrogen (secondary N) is 1. The number of rotatable bonds is 3. The van der Waals surface area contributed by atoms with Crippen LogP contribution < -0.4 is 16.2 Å². The highest BCUT2D eigenvalue weighted by Crippen LogP contribution is 2.35. The van der Waals surface area contributed by atoms with E-state index in [1.54, 1.807) is 0 Å². The molecule has 2 heterocycles. The van der Waals surface area contributed by atoms with Gasteiger partial charge in [0, 0.05) is 19.2 Å². The molecule has 3 N–H and O–H groups in total. The zero-order chi connectivity index (χ0) is 15.8. The van der Waals surface area contributed by atoms with Crippen LogP contribution in [0, 0.1) is 10.1 Å². The second-order valence-electron chi connectivity index (χ2n) is 6.42. The molecule has 1 fully saturated rings. The predicted octanol–water partition coefficient (Wildman–Crippen LogP) is 1.67. The van der Waals surface area contributed by atoms with Crippen LogP contribution >= 0.6 is 0 Å². The fourth-order valence-electron chi connectivity index (χ4n) is 2.83. The summed E-state index contributed by atoms with van der Waals surface area (Å²) in [5.74, 6) is 6.05. The molecule has 0 atom stereocenters. The first-order valence-corrected chi connectivity index (χ1v) is 6.71. The smallest absolute Gasteiger partial charge is 0.311 e. The van der Waals surface area contributed by atoms with Gasteiger partial charge in [0.2, 0.25) is 5.82 Å². The van der Waals surface area contributed by atoms with Crippen molar-refractivity contribution < 1.29 is 9.66 Å². The summed E-state index contributed by atoms with van der Waals surface area (Å²) in [6.07, 6.45) is 0. The molecule has 1 aromatic heterocycles. The van der Waals surface area contributed by atoms with E-state index in [-0.39, 0.29) is 5.69 Å². The summed E-state index contributed by atoms with van der Waals surface area (Å²) < 4.78 is 5.99. The lowest BCUT2D eigenvalue weighted by molar-refractivity contribution is -0.384. The number of morpholine rings is 1. The molecular formula is C13H21N5O3. The van der Waals surface area contributed by atoms with Gasteiger partial charge < -0.3 is 15.1 Å². The third kappa shape index (κ3) is 3.40. The second kappa shape index (κ2) is 5.12. The van der Waals surface area contributed by atoms with Crippen LogP contribution in [0.4, 0.5) is 17.3 Å². The summed E-state index contributed by atoms with van der Waals surface area (Å²) in [5, 5.41) is 11.2. The molecule has 0 spiro atoms. The Kier molecular flexibility index (Phi) is 3.77. The lowest BCUT2D eigenvalue weighted by Crippen LogP contribution is -2.57. The molecule has 2 rings (SSSR count). The highest BCUT2D eigenvalue weighted by atomic mass is 16.6. The summed E-state index contributed by atoms with van der Waals surface area (Å²) in [6.45, 7) is 8.85. The minimum Gasteiger partial charge on any atom is -0.366 e. The van der Waals surface area contributed by atoms with E-state index in [2.05, 4.69) is 10.4 Å². The largest absolute Gasteiger partial charge is 0.366 e. The summed E-state index contributed by atoms with van der Waals surface area (Å²) in [4.78, 5) is 16.9. The van der Waals surface area contributed by atoms with Crippen molar-refractivity contribution in [1.29, 1.82) is 0 Å². The number of anilines is 2. The molecular weight excluding hydrogens is 274 g/mol. The normalized spacial score (nSPS) is 20.1. The Balaban J connectivity index is 2.46. The van der Waals surface area contributed by atoms with Gasteiger partial charge in [0.05, 0.1) is 16.1 Å². The molecule has 8 nitrogen and oxygen atoms in total. The van der Waals surface area contributed by atoms with Gasteiger partial charge in [-0.25, -0.2) is 10.8 Å². The third-order valence-electron chi connectivity index (χ3n) is 3.19. The molecule has 116 valence electrons. The average Bonchev–Trinajstić information content (AvgIpc) is 2.34. The first-order chi connectivity index (χ1) is 9.63. The second-order valence-corrected chi connectivity index (χ2v) is 6.42. The van der Waals surface area contributed by atoms with Crippen LogP contribution in [-0.4, -0.2) is 34.2 Å². The Hall–Kier alpha value is -1.93. The molecule has 0 amide bonds. The Morgan fingerprint density at radius 1 is 1.33 bits per heavy atom. The highest BCUT2D eigenvalue weighted by Gasteiger charge is 2.40. The van der Waals surface area contributed by atoms with Crippen LogP contribution in [-0.2, 0) is 4.74 Å². The number of nitro groups is 1.